The summed E-state index contributed by atoms with van der Waals surface area (Å²) in [6, 6.07) is 0.839. The number of rotatable bonds is 3. The van der Waals surface area contributed by atoms with Crippen LogP contribution in [0.4, 0.5) is 18.9 Å². The van der Waals surface area contributed by atoms with Crippen molar-refractivity contribution in [2.45, 2.75) is 11.3 Å². The van der Waals surface area contributed by atoms with Crippen LogP contribution in [0.3, 0.4) is 0 Å². The molecule has 5 nitrogen and oxygen atoms in total. The van der Waals surface area contributed by atoms with Gasteiger partial charge in [0.1, 0.15) is 5.56 Å². The molecule has 0 heterocycles. The van der Waals surface area contributed by atoms with Gasteiger partial charge in [0.2, 0.25) is 5.82 Å². The van der Waals surface area contributed by atoms with E-state index in [-0.39, 0.29) is 0 Å². The Bertz CT molecular complexity index is 575. The molecule has 94 valence electrons. The average molecular weight is 290 g/mol. The number of nitro benzene ring substituents is 1. The molecular weight excluding hydrogens is 287 g/mol. The summed E-state index contributed by atoms with van der Waals surface area (Å²) in [6.45, 7) is 0. The predicted molar refractivity (Wildman–Crippen MR) is 51.1 cm³/mol. The number of halogens is 4. The highest BCUT2D eigenvalue weighted by molar-refractivity contribution is 8.13. The summed E-state index contributed by atoms with van der Waals surface area (Å²) in [5, 5.41) is 10.4. The van der Waals surface area contributed by atoms with Crippen molar-refractivity contribution >= 4 is 25.4 Å². The molecule has 0 unspecified atom stereocenters. The van der Waals surface area contributed by atoms with Crippen LogP contribution in [0.5, 0.6) is 0 Å². The summed E-state index contributed by atoms with van der Waals surface area (Å²) in [7, 11) is 0.200. The minimum atomic E-state index is -4.63. The first-order valence-corrected chi connectivity index (χ1v) is 6.16. The van der Waals surface area contributed by atoms with Crippen LogP contribution in [-0.4, -0.2) is 13.3 Å². The molecule has 0 saturated carbocycles. The lowest BCUT2D eigenvalue weighted by Gasteiger charge is -2.06. The third kappa shape index (κ3) is 2.67. The molecule has 0 atom stereocenters. The zero-order chi connectivity index (χ0) is 13.4. The normalized spacial score (nSPS) is 11.8. The first-order valence-electron chi connectivity index (χ1n) is 3.86. The summed E-state index contributed by atoms with van der Waals surface area (Å²) in [6.07, 6.45) is -3.55. The molecule has 0 aliphatic rings. The fourth-order valence-electron chi connectivity index (χ4n) is 1.17. The van der Waals surface area contributed by atoms with Gasteiger partial charge in [0.15, 0.2) is 0 Å². The second-order valence-corrected chi connectivity index (χ2v) is 5.34. The fraction of sp³-hybridized carbons (Fsp3) is 0.143. The smallest absolute Gasteiger partial charge is 0.258 e. The molecular formula is C7H3ClF3NO4S. The predicted octanol–water partition coefficient (Wildman–Crippen LogP) is 2.60. The zero-order valence-electron chi connectivity index (χ0n) is 7.73. The van der Waals surface area contributed by atoms with Crippen molar-refractivity contribution in [2.75, 3.05) is 0 Å². The second kappa shape index (κ2) is 4.49. The van der Waals surface area contributed by atoms with E-state index in [1.807, 2.05) is 0 Å². The van der Waals surface area contributed by atoms with E-state index in [0.29, 0.717) is 12.1 Å². The Balaban J connectivity index is 3.78. The van der Waals surface area contributed by atoms with Gasteiger partial charge < -0.3 is 0 Å². The van der Waals surface area contributed by atoms with E-state index >= 15 is 0 Å². The first-order chi connectivity index (χ1) is 7.66. The molecule has 0 aliphatic carbocycles. The van der Waals surface area contributed by atoms with Crippen molar-refractivity contribution in [1.82, 2.24) is 0 Å². The number of alkyl halides is 2. The van der Waals surface area contributed by atoms with Crippen molar-refractivity contribution < 1.29 is 26.5 Å². The quantitative estimate of drug-likeness (QED) is 0.487. The Morgan fingerprint density at radius 1 is 1.35 bits per heavy atom. The Morgan fingerprint density at radius 2 is 1.88 bits per heavy atom. The van der Waals surface area contributed by atoms with Crippen molar-refractivity contribution in [3.63, 3.8) is 0 Å². The maximum atomic E-state index is 13.0. The summed E-state index contributed by atoms with van der Waals surface area (Å²) in [5.41, 5.74) is -3.15. The molecule has 0 radical (unpaired) electrons. The number of hydrogen-bond donors (Lipinski definition) is 0. The van der Waals surface area contributed by atoms with Crippen LogP contribution in [0.1, 0.15) is 12.0 Å². The molecule has 10 heteroatoms. The van der Waals surface area contributed by atoms with Crippen molar-refractivity contribution in [1.29, 1.82) is 0 Å². The average Bonchev–Trinajstić information content (AvgIpc) is 2.14. The minimum absolute atomic E-state index is 0.388. The topological polar surface area (TPSA) is 77.3 Å². The Kier molecular flexibility index (Phi) is 3.62. The summed E-state index contributed by atoms with van der Waals surface area (Å²) < 4.78 is 60.0. The van der Waals surface area contributed by atoms with Crippen LogP contribution >= 0.6 is 10.7 Å². The maximum Gasteiger partial charge on any atom is 0.315 e. The van der Waals surface area contributed by atoms with E-state index in [1.54, 1.807) is 0 Å². The number of nitro groups is 1. The molecule has 0 aromatic heterocycles. The standard InChI is InChI=1S/C7H3ClF3NO4S/c8-17(15,16)4-2-1-3(9)6(12(13)14)5(4)7(10)11/h1-2,7H. The lowest BCUT2D eigenvalue weighted by atomic mass is 10.2. The largest absolute Gasteiger partial charge is 0.315 e. The molecule has 0 aliphatic heterocycles. The van der Waals surface area contributed by atoms with E-state index in [2.05, 4.69) is 0 Å². The van der Waals surface area contributed by atoms with Crippen LogP contribution < -0.4 is 0 Å². The van der Waals surface area contributed by atoms with E-state index in [4.69, 9.17) is 10.7 Å². The van der Waals surface area contributed by atoms with Crippen LogP contribution in [0.25, 0.3) is 0 Å². The van der Waals surface area contributed by atoms with Gasteiger partial charge in [0.25, 0.3) is 15.5 Å². The summed E-state index contributed by atoms with van der Waals surface area (Å²) >= 11 is 0. The van der Waals surface area contributed by atoms with E-state index in [1.165, 1.54) is 0 Å². The monoisotopic (exact) mass is 289 g/mol. The lowest BCUT2D eigenvalue weighted by Crippen LogP contribution is -2.05. The summed E-state index contributed by atoms with van der Waals surface area (Å²) in [4.78, 5) is 7.81. The van der Waals surface area contributed by atoms with Gasteiger partial charge in [-0.15, -0.1) is 0 Å². The van der Waals surface area contributed by atoms with Gasteiger partial charge in [-0.2, -0.15) is 4.39 Å². The lowest BCUT2D eigenvalue weighted by molar-refractivity contribution is -0.389. The number of nitrogens with zero attached hydrogens (tertiary/aromatic N) is 1. The van der Waals surface area contributed by atoms with Crippen molar-refractivity contribution in [2.24, 2.45) is 0 Å². The van der Waals surface area contributed by atoms with Crippen molar-refractivity contribution in [3.05, 3.63) is 33.6 Å². The highest BCUT2D eigenvalue weighted by Crippen LogP contribution is 2.37. The van der Waals surface area contributed by atoms with Crippen LogP contribution in [0.2, 0.25) is 0 Å². The Labute approximate surface area is 97.4 Å². The van der Waals surface area contributed by atoms with Crippen LogP contribution in [-0.2, 0) is 9.05 Å². The molecule has 1 aromatic rings. The van der Waals surface area contributed by atoms with Gasteiger partial charge in [-0.1, -0.05) is 0 Å². The van der Waals surface area contributed by atoms with E-state index < -0.39 is 42.4 Å². The zero-order valence-corrected chi connectivity index (χ0v) is 9.30. The van der Waals surface area contributed by atoms with E-state index in [9.17, 15) is 31.7 Å². The van der Waals surface area contributed by atoms with Gasteiger partial charge in [0.05, 0.1) is 9.82 Å². The number of benzene rings is 1. The van der Waals surface area contributed by atoms with Gasteiger partial charge in [-0.25, -0.2) is 17.2 Å². The Morgan fingerprint density at radius 3 is 2.24 bits per heavy atom. The first kappa shape index (κ1) is 13.7. The second-order valence-electron chi connectivity index (χ2n) is 2.80. The molecule has 1 aromatic carbocycles. The van der Waals surface area contributed by atoms with Gasteiger partial charge >= 0.3 is 5.69 Å². The molecule has 0 spiro atoms. The Hall–Kier alpha value is -1.35. The van der Waals surface area contributed by atoms with Crippen LogP contribution in [0.15, 0.2) is 17.0 Å². The third-order valence-corrected chi connectivity index (χ3v) is 3.17. The van der Waals surface area contributed by atoms with Gasteiger partial charge in [-0.05, 0) is 12.1 Å². The fourth-order valence-corrected chi connectivity index (χ4v) is 2.25. The minimum Gasteiger partial charge on any atom is -0.258 e. The molecule has 0 fully saturated rings. The third-order valence-electron chi connectivity index (χ3n) is 1.79. The van der Waals surface area contributed by atoms with Gasteiger partial charge in [0, 0.05) is 10.7 Å². The maximum absolute atomic E-state index is 13.0. The molecule has 0 saturated heterocycles. The molecule has 0 amide bonds. The van der Waals surface area contributed by atoms with Crippen LogP contribution in [0, 0.1) is 15.9 Å². The summed E-state index contributed by atoms with van der Waals surface area (Å²) in [5.74, 6) is -1.56. The van der Waals surface area contributed by atoms with Crippen molar-refractivity contribution in [3.8, 4) is 0 Å². The van der Waals surface area contributed by atoms with Gasteiger partial charge in [-0.3, -0.25) is 10.1 Å². The SMILES string of the molecule is O=[N+]([O-])c1c(F)ccc(S(=O)(=O)Cl)c1C(F)F. The molecule has 1 rings (SSSR count). The van der Waals surface area contributed by atoms with E-state index in [0.717, 1.165) is 0 Å². The molecule has 0 bridgehead atoms. The highest BCUT2D eigenvalue weighted by atomic mass is 35.7. The molecule has 0 N–H and O–H groups in total. The highest BCUT2D eigenvalue weighted by Gasteiger charge is 2.33. The molecule has 17 heavy (non-hydrogen) atoms. The number of hydrogen-bond acceptors (Lipinski definition) is 4.